The number of carbonyl (C=O) groups excluding carboxylic acids is 1. The zero-order chi connectivity index (χ0) is 18.7. The third-order valence-electron chi connectivity index (χ3n) is 4.02. The Bertz CT molecular complexity index is 921. The topological polar surface area (TPSA) is 54.0 Å². The van der Waals surface area contributed by atoms with E-state index in [4.69, 9.17) is 0 Å². The molecule has 2 N–H and O–H groups in total. The van der Waals surface area contributed by atoms with Gasteiger partial charge in [-0.1, -0.05) is 18.2 Å². The Morgan fingerprint density at radius 3 is 2.42 bits per heavy atom. The van der Waals surface area contributed by atoms with Crippen LogP contribution >= 0.6 is 11.3 Å². The molecule has 3 aromatic rings. The number of aryl methyl sites for hydroxylation is 2. The minimum Gasteiger partial charge on any atom is -0.374 e. The lowest BCUT2D eigenvalue weighted by Gasteiger charge is -2.16. The molecule has 0 saturated carbocycles. The number of halogens is 1. The van der Waals surface area contributed by atoms with Crippen LogP contribution in [0.1, 0.15) is 17.5 Å². The van der Waals surface area contributed by atoms with Gasteiger partial charge in [-0.2, -0.15) is 0 Å². The summed E-state index contributed by atoms with van der Waals surface area (Å²) >= 11 is 1.61. The Hall–Kier alpha value is -2.73. The summed E-state index contributed by atoms with van der Waals surface area (Å²) in [6.07, 6.45) is 0. The van der Waals surface area contributed by atoms with Crippen LogP contribution in [0, 0.1) is 19.7 Å². The lowest BCUT2D eigenvalue weighted by Crippen LogP contribution is -2.31. The monoisotopic (exact) mass is 369 g/mol. The predicted octanol–water partition coefficient (Wildman–Crippen LogP) is 5.01. The molecule has 0 radical (unpaired) electrons. The van der Waals surface area contributed by atoms with E-state index in [2.05, 4.69) is 15.6 Å². The molecule has 0 unspecified atom stereocenters. The number of hydrogen-bond donors (Lipinski definition) is 2. The first-order chi connectivity index (χ1) is 12.4. The van der Waals surface area contributed by atoms with Crippen LogP contribution in [0.25, 0.3) is 11.3 Å². The summed E-state index contributed by atoms with van der Waals surface area (Å²) in [5.41, 5.74) is 3.81. The van der Waals surface area contributed by atoms with Crippen molar-refractivity contribution >= 4 is 28.6 Å². The zero-order valence-electron chi connectivity index (χ0n) is 14.8. The van der Waals surface area contributed by atoms with Crippen LogP contribution in [0.5, 0.6) is 0 Å². The highest BCUT2D eigenvalue weighted by Gasteiger charge is 2.13. The van der Waals surface area contributed by atoms with Crippen LogP contribution in [0.4, 0.5) is 15.8 Å². The molecule has 1 aromatic heterocycles. The summed E-state index contributed by atoms with van der Waals surface area (Å²) in [5.74, 6) is -0.566. The molecule has 0 saturated heterocycles. The molecule has 134 valence electrons. The number of nitrogens with one attached hydrogen (secondary N) is 2. The lowest BCUT2D eigenvalue weighted by molar-refractivity contribution is -0.116. The van der Waals surface area contributed by atoms with Gasteiger partial charge in [0.1, 0.15) is 11.9 Å². The van der Waals surface area contributed by atoms with Crippen molar-refractivity contribution in [3.63, 3.8) is 0 Å². The number of carbonyl (C=O) groups is 1. The van der Waals surface area contributed by atoms with E-state index in [1.54, 1.807) is 37.3 Å². The molecule has 0 bridgehead atoms. The summed E-state index contributed by atoms with van der Waals surface area (Å²) in [6.45, 7) is 5.42. The van der Waals surface area contributed by atoms with E-state index in [0.717, 1.165) is 22.0 Å². The van der Waals surface area contributed by atoms with Crippen LogP contribution in [-0.2, 0) is 4.79 Å². The fourth-order valence-corrected chi connectivity index (χ4v) is 3.09. The first-order valence-electron chi connectivity index (χ1n) is 8.28. The third kappa shape index (κ3) is 4.26. The SMILES string of the molecule is Cc1nc(-c2ccc(N[C@H](C)C(=O)Nc3ccc(C)c(F)c3)cc2)cs1. The van der Waals surface area contributed by atoms with Crippen LogP contribution in [-0.4, -0.2) is 16.9 Å². The highest BCUT2D eigenvalue weighted by Crippen LogP contribution is 2.23. The number of rotatable bonds is 5. The largest absolute Gasteiger partial charge is 0.374 e. The number of anilines is 2. The Kier molecular flexibility index (Phi) is 5.32. The van der Waals surface area contributed by atoms with Crippen molar-refractivity contribution in [1.82, 2.24) is 4.98 Å². The molecule has 0 aliphatic carbocycles. The minimum atomic E-state index is -0.466. The highest BCUT2D eigenvalue weighted by molar-refractivity contribution is 7.09. The molecule has 0 aliphatic rings. The zero-order valence-corrected chi connectivity index (χ0v) is 15.7. The Labute approximate surface area is 156 Å². The van der Waals surface area contributed by atoms with Gasteiger partial charge in [0.05, 0.1) is 10.7 Å². The lowest BCUT2D eigenvalue weighted by atomic mass is 10.1. The van der Waals surface area contributed by atoms with Gasteiger partial charge in [-0.25, -0.2) is 9.37 Å². The predicted molar refractivity (Wildman–Crippen MR) is 105 cm³/mol. The van der Waals surface area contributed by atoms with Crippen LogP contribution in [0.3, 0.4) is 0 Å². The van der Waals surface area contributed by atoms with Crippen molar-refractivity contribution in [2.24, 2.45) is 0 Å². The van der Waals surface area contributed by atoms with Gasteiger partial charge < -0.3 is 10.6 Å². The average Bonchev–Trinajstić information content (AvgIpc) is 3.05. The maximum absolute atomic E-state index is 13.6. The van der Waals surface area contributed by atoms with Crippen molar-refractivity contribution in [1.29, 1.82) is 0 Å². The maximum Gasteiger partial charge on any atom is 0.246 e. The molecule has 1 amide bonds. The second kappa shape index (κ2) is 7.66. The van der Waals surface area contributed by atoms with E-state index in [1.807, 2.05) is 36.6 Å². The fourth-order valence-electron chi connectivity index (χ4n) is 2.47. The molecule has 4 nitrogen and oxygen atoms in total. The van der Waals surface area contributed by atoms with Gasteiger partial charge in [0.25, 0.3) is 0 Å². The molecule has 0 aliphatic heterocycles. The van der Waals surface area contributed by atoms with Gasteiger partial charge in [-0.3, -0.25) is 4.79 Å². The van der Waals surface area contributed by atoms with Crippen molar-refractivity contribution < 1.29 is 9.18 Å². The second-order valence-electron chi connectivity index (χ2n) is 6.15. The number of amides is 1. The van der Waals surface area contributed by atoms with Crippen molar-refractivity contribution in [2.75, 3.05) is 10.6 Å². The summed E-state index contributed by atoms with van der Waals surface area (Å²) in [7, 11) is 0. The van der Waals surface area contributed by atoms with Gasteiger partial charge in [0.2, 0.25) is 5.91 Å². The summed E-state index contributed by atoms with van der Waals surface area (Å²) in [5, 5.41) is 8.92. The summed E-state index contributed by atoms with van der Waals surface area (Å²) in [4.78, 5) is 16.8. The van der Waals surface area contributed by atoms with Gasteiger partial charge >= 0.3 is 0 Å². The smallest absolute Gasteiger partial charge is 0.246 e. The van der Waals surface area contributed by atoms with Crippen LogP contribution in [0.2, 0.25) is 0 Å². The van der Waals surface area contributed by atoms with Crippen LogP contribution in [0.15, 0.2) is 47.8 Å². The minimum absolute atomic E-state index is 0.229. The first kappa shape index (κ1) is 18.1. The van der Waals surface area contributed by atoms with E-state index < -0.39 is 6.04 Å². The van der Waals surface area contributed by atoms with E-state index in [9.17, 15) is 9.18 Å². The van der Waals surface area contributed by atoms with Crippen molar-refractivity contribution in [2.45, 2.75) is 26.8 Å². The number of thiazole rings is 1. The molecule has 1 heterocycles. The molecule has 6 heteroatoms. The van der Waals surface area contributed by atoms with Crippen molar-refractivity contribution in [3.8, 4) is 11.3 Å². The first-order valence-corrected chi connectivity index (χ1v) is 9.16. The number of aromatic nitrogens is 1. The van der Waals surface area contributed by atoms with E-state index >= 15 is 0 Å². The molecule has 26 heavy (non-hydrogen) atoms. The molecule has 0 spiro atoms. The van der Waals surface area contributed by atoms with Crippen molar-refractivity contribution in [3.05, 3.63) is 64.2 Å². The van der Waals surface area contributed by atoms with Gasteiger partial charge in [-0.05, 0) is 50.6 Å². The third-order valence-corrected chi connectivity index (χ3v) is 4.79. The van der Waals surface area contributed by atoms with E-state index in [0.29, 0.717) is 11.3 Å². The average molecular weight is 369 g/mol. The number of hydrogen-bond acceptors (Lipinski definition) is 4. The molecular formula is C20H20FN3OS. The summed E-state index contributed by atoms with van der Waals surface area (Å²) < 4.78 is 13.6. The Morgan fingerprint density at radius 1 is 1.12 bits per heavy atom. The molecule has 3 rings (SSSR count). The Morgan fingerprint density at radius 2 is 1.81 bits per heavy atom. The molecule has 0 fully saturated rings. The normalized spacial score (nSPS) is 11.8. The highest BCUT2D eigenvalue weighted by atomic mass is 32.1. The maximum atomic E-state index is 13.6. The quantitative estimate of drug-likeness (QED) is 0.665. The number of benzene rings is 2. The fraction of sp³-hybridized carbons (Fsp3) is 0.200. The molecule has 1 atom stereocenters. The number of nitrogens with zero attached hydrogens (tertiary/aromatic N) is 1. The van der Waals surface area contributed by atoms with Gasteiger partial charge in [0.15, 0.2) is 0 Å². The van der Waals surface area contributed by atoms with E-state index in [-0.39, 0.29) is 11.7 Å². The van der Waals surface area contributed by atoms with E-state index in [1.165, 1.54) is 6.07 Å². The molecule has 2 aromatic carbocycles. The standard InChI is InChI=1S/C20H20FN3OS/c1-12-4-7-17(10-18(12)21)24-20(25)13(2)22-16-8-5-15(6-9-16)19-11-26-14(3)23-19/h4-11,13,22H,1-3H3,(H,24,25)/t13-/m1/s1. The van der Waals surface area contributed by atoms with Gasteiger partial charge in [-0.15, -0.1) is 11.3 Å². The summed E-state index contributed by atoms with van der Waals surface area (Å²) in [6, 6.07) is 12.0. The molecular weight excluding hydrogens is 349 g/mol. The Balaban J connectivity index is 1.62. The second-order valence-corrected chi connectivity index (χ2v) is 7.21. The van der Waals surface area contributed by atoms with Gasteiger partial charge in [0, 0.05) is 22.3 Å². The van der Waals surface area contributed by atoms with Crippen LogP contribution < -0.4 is 10.6 Å².